The van der Waals surface area contributed by atoms with Crippen LogP contribution in [0.5, 0.6) is 0 Å². The van der Waals surface area contributed by atoms with Crippen LogP contribution >= 0.6 is 0 Å². The first-order valence-corrected chi connectivity index (χ1v) is 6.49. The molecule has 0 amide bonds. The van der Waals surface area contributed by atoms with E-state index in [4.69, 9.17) is 0 Å². The molecule has 0 heterocycles. The van der Waals surface area contributed by atoms with E-state index in [1.807, 2.05) is 13.8 Å². The van der Waals surface area contributed by atoms with Gasteiger partial charge in [-0.2, -0.15) is 0 Å². The molecule has 1 fully saturated rings. The number of hydrogen-bond acceptors (Lipinski definition) is 3. The van der Waals surface area contributed by atoms with Gasteiger partial charge in [-0.3, -0.25) is 10.1 Å². The lowest BCUT2D eigenvalue weighted by Crippen LogP contribution is -2.55. The number of aliphatic carboxylic acids is 1. The van der Waals surface area contributed by atoms with Crippen molar-refractivity contribution in [3.05, 3.63) is 0 Å². The predicted octanol–water partition coefficient (Wildman–Crippen LogP) is 1.70. The summed E-state index contributed by atoms with van der Waals surface area (Å²) in [6.45, 7) is 7.86. The minimum absolute atomic E-state index is 0.175. The number of carboxylic acid groups (broad SMARTS) is 1. The zero-order chi connectivity index (χ0) is 13.2. The third-order valence-electron chi connectivity index (χ3n) is 3.60. The maximum absolute atomic E-state index is 11.4. The summed E-state index contributed by atoms with van der Waals surface area (Å²) in [5.74, 6) is -0.762. The van der Waals surface area contributed by atoms with E-state index in [0.717, 1.165) is 0 Å². The number of rotatable bonds is 7. The summed E-state index contributed by atoms with van der Waals surface area (Å²) in [5.41, 5.74) is -0.837. The molecular weight excluding hydrogens is 216 g/mol. The Balaban J connectivity index is 2.61. The van der Waals surface area contributed by atoms with Gasteiger partial charge in [-0.05, 0) is 54.0 Å². The van der Waals surface area contributed by atoms with Gasteiger partial charge in [-0.1, -0.05) is 0 Å². The average Bonchev–Trinajstić information content (AvgIpc) is 2.97. The monoisotopic (exact) mass is 242 g/mol. The van der Waals surface area contributed by atoms with E-state index in [0.29, 0.717) is 12.5 Å². The van der Waals surface area contributed by atoms with Crippen LogP contribution in [0.15, 0.2) is 0 Å². The first kappa shape index (κ1) is 14.5. The molecule has 4 heteroatoms. The third-order valence-corrected chi connectivity index (χ3v) is 3.60. The quantitative estimate of drug-likeness (QED) is 0.713. The van der Waals surface area contributed by atoms with Crippen molar-refractivity contribution in [2.45, 2.75) is 70.6 Å². The number of nitrogens with one attached hydrogen (secondary N) is 1. The topological polar surface area (TPSA) is 52.6 Å². The highest BCUT2D eigenvalue weighted by Gasteiger charge is 2.38. The molecular formula is C13H26N2O2. The summed E-state index contributed by atoms with van der Waals surface area (Å²) in [6.07, 6.45) is 3.14. The Morgan fingerprint density at radius 3 is 2.35 bits per heavy atom. The molecule has 17 heavy (non-hydrogen) atoms. The Morgan fingerprint density at radius 2 is 2.00 bits per heavy atom. The van der Waals surface area contributed by atoms with Gasteiger partial charge in [0.2, 0.25) is 0 Å². The summed E-state index contributed by atoms with van der Waals surface area (Å²) in [5, 5.41) is 12.6. The third kappa shape index (κ3) is 3.96. The van der Waals surface area contributed by atoms with Crippen molar-refractivity contribution in [2.24, 2.45) is 0 Å². The first-order chi connectivity index (χ1) is 7.76. The Hall–Kier alpha value is -0.610. The molecule has 0 aromatic rings. The molecule has 2 unspecified atom stereocenters. The van der Waals surface area contributed by atoms with E-state index in [1.165, 1.54) is 12.8 Å². The lowest BCUT2D eigenvalue weighted by atomic mass is 9.92. The van der Waals surface area contributed by atoms with Crippen LogP contribution in [-0.2, 0) is 4.79 Å². The van der Waals surface area contributed by atoms with Crippen LogP contribution in [-0.4, -0.2) is 46.7 Å². The first-order valence-electron chi connectivity index (χ1n) is 6.49. The Bertz CT molecular complexity index is 277. The summed E-state index contributed by atoms with van der Waals surface area (Å²) in [4.78, 5) is 13.7. The van der Waals surface area contributed by atoms with Crippen LogP contribution in [0.25, 0.3) is 0 Å². The van der Waals surface area contributed by atoms with Crippen molar-refractivity contribution in [2.75, 3.05) is 7.05 Å². The highest BCUT2D eigenvalue weighted by Crippen LogP contribution is 2.29. The molecule has 1 aliphatic carbocycles. The Labute approximate surface area is 104 Å². The fourth-order valence-electron chi connectivity index (χ4n) is 2.42. The molecule has 2 N–H and O–H groups in total. The van der Waals surface area contributed by atoms with Crippen LogP contribution in [0.3, 0.4) is 0 Å². The lowest BCUT2D eigenvalue weighted by molar-refractivity contribution is -0.145. The molecule has 2 atom stereocenters. The molecule has 0 aliphatic heterocycles. The van der Waals surface area contributed by atoms with Crippen molar-refractivity contribution in [3.63, 3.8) is 0 Å². The summed E-state index contributed by atoms with van der Waals surface area (Å²) in [6, 6.07) is 1.13. The lowest BCUT2D eigenvalue weighted by Gasteiger charge is -2.34. The second-order valence-corrected chi connectivity index (χ2v) is 5.89. The number of nitrogens with zero attached hydrogens (tertiary/aromatic N) is 1. The van der Waals surface area contributed by atoms with Crippen molar-refractivity contribution in [1.82, 2.24) is 10.2 Å². The summed E-state index contributed by atoms with van der Waals surface area (Å²) in [7, 11) is 2.10. The molecule has 100 valence electrons. The van der Waals surface area contributed by atoms with Gasteiger partial charge in [0.25, 0.3) is 0 Å². The van der Waals surface area contributed by atoms with Crippen LogP contribution in [0.2, 0.25) is 0 Å². The van der Waals surface area contributed by atoms with Crippen molar-refractivity contribution < 1.29 is 9.90 Å². The highest BCUT2D eigenvalue weighted by molar-refractivity contribution is 5.78. The molecule has 4 nitrogen and oxygen atoms in total. The summed E-state index contributed by atoms with van der Waals surface area (Å²) < 4.78 is 0. The van der Waals surface area contributed by atoms with Crippen LogP contribution < -0.4 is 5.32 Å². The largest absolute Gasteiger partial charge is 0.480 e. The van der Waals surface area contributed by atoms with E-state index >= 15 is 0 Å². The van der Waals surface area contributed by atoms with Gasteiger partial charge in [0, 0.05) is 18.1 Å². The minimum atomic E-state index is -0.837. The van der Waals surface area contributed by atoms with E-state index in [1.54, 1.807) is 6.92 Å². The smallest absolute Gasteiger partial charge is 0.323 e. The number of carbonyl (C=O) groups is 1. The second kappa shape index (κ2) is 5.36. The average molecular weight is 242 g/mol. The van der Waals surface area contributed by atoms with Gasteiger partial charge in [-0.25, -0.2) is 0 Å². The Morgan fingerprint density at radius 1 is 1.47 bits per heavy atom. The normalized spacial score (nSPS) is 21.6. The van der Waals surface area contributed by atoms with E-state index in [9.17, 15) is 9.90 Å². The molecule has 0 aromatic heterocycles. The van der Waals surface area contributed by atoms with Crippen molar-refractivity contribution in [3.8, 4) is 0 Å². The van der Waals surface area contributed by atoms with Crippen molar-refractivity contribution >= 4 is 5.97 Å². The number of carboxylic acids is 1. The summed E-state index contributed by atoms with van der Waals surface area (Å²) >= 11 is 0. The second-order valence-electron chi connectivity index (χ2n) is 5.89. The molecule has 0 spiro atoms. The zero-order valence-corrected chi connectivity index (χ0v) is 11.7. The number of hydrogen-bond donors (Lipinski definition) is 2. The van der Waals surface area contributed by atoms with Gasteiger partial charge in [0.05, 0.1) is 0 Å². The van der Waals surface area contributed by atoms with E-state index in [-0.39, 0.29) is 12.1 Å². The minimum Gasteiger partial charge on any atom is -0.480 e. The van der Waals surface area contributed by atoms with Crippen molar-refractivity contribution in [1.29, 1.82) is 0 Å². The maximum Gasteiger partial charge on any atom is 0.323 e. The fraction of sp³-hybridized carbons (Fsp3) is 0.923. The van der Waals surface area contributed by atoms with Crippen LogP contribution in [0, 0.1) is 0 Å². The maximum atomic E-state index is 11.4. The van der Waals surface area contributed by atoms with Gasteiger partial charge < -0.3 is 10.0 Å². The molecule has 1 rings (SSSR count). The van der Waals surface area contributed by atoms with E-state index < -0.39 is 11.5 Å². The molecule has 1 saturated carbocycles. The van der Waals surface area contributed by atoms with Crippen LogP contribution in [0.1, 0.15) is 47.0 Å². The van der Waals surface area contributed by atoms with Crippen LogP contribution in [0.4, 0.5) is 0 Å². The molecule has 0 aromatic carbocycles. The van der Waals surface area contributed by atoms with E-state index in [2.05, 4.69) is 24.2 Å². The predicted molar refractivity (Wildman–Crippen MR) is 69.2 cm³/mol. The van der Waals surface area contributed by atoms with Gasteiger partial charge >= 0.3 is 5.97 Å². The van der Waals surface area contributed by atoms with Gasteiger partial charge in [0.15, 0.2) is 0 Å². The Kier molecular flexibility index (Phi) is 4.55. The van der Waals surface area contributed by atoms with Gasteiger partial charge in [0.1, 0.15) is 5.54 Å². The molecule has 1 aliphatic rings. The highest BCUT2D eigenvalue weighted by atomic mass is 16.4. The van der Waals surface area contributed by atoms with Gasteiger partial charge in [-0.15, -0.1) is 0 Å². The molecule has 0 radical (unpaired) electrons. The standard InChI is InChI=1S/C13H26N2O2/c1-9(2)14-13(4,12(16)17)8-10(3)15(5)11-6-7-11/h9-11,14H,6-8H2,1-5H3,(H,16,17). The fourth-order valence-corrected chi connectivity index (χ4v) is 2.42. The molecule has 0 saturated heterocycles. The zero-order valence-electron chi connectivity index (χ0n) is 11.7. The SMILES string of the molecule is CC(C)NC(C)(CC(C)N(C)C1CC1)C(=O)O. The molecule has 0 bridgehead atoms.